The number of sulfonamides is 1. The molecule has 0 saturated heterocycles. The summed E-state index contributed by atoms with van der Waals surface area (Å²) in [6.07, 6.45) is 3.52. The molecule has 0 aliphatic heterocycles. The summed E-state index contributed by atoms with van der Waals surface area (Å²) in [5, 5.41) is 4.03. The molecule has 0 aliphatic carbocycles. The van der Waals surface area contributed by atoms with Crippen LogP contribution in [0.25, 0.3) is 10.9 Å². The molecule has 1 heterocycles. The lowest BCUT2D eigenvalue weighted by Gasteiger charge is -2.14. The first-order valence-corrected chi connectivity index (χ1v) is 14.8. The zero-order chi connectivity index (χ0) is 28.9. The van der Waals surface area contributed by atoms with Crippen LogP contribution in [-0.2, 0) is 27.8 Å². The molecule has 8 nitrogen and oxygen atoms in total. The number of benzene rings is 3. The van der Waals surface area contributed by atoms with Crippen molar-refractivity contribution in [1.29, 1.82) is 0 Å². The van der Waals surface area contributed by atoms with Crippen LogP contribution in [0.1, 0.15) is 47.3 Å². The molecule has 0 fully saturated rings. The molecule has 210 valence electrons. The highest BCUT2D eigenvalue weighted by Crippen LogP contribution is 2.26. The van der Waals surface area contributed by atoms with Crippen LogP contribution in [0.3, 0.4) is 0 Å². The number of hydrogen-bond acceptors (Lipinski definition) is 5. The van der Waals surface area contributed by atoms with Crippen molar-refractivity contribution >= 4 is 32.7 Å². The minimum absolute atomic E-state index is 0.0536. The Hall–Kier alpha value is -4.11. The first kappa shape index (κ1) is 28.9. The Bertz CT molecular complexity index is 1640. The molecule has 0 saturated carbocycles. The highest BCUT2D eigenvalue weighted by molar-refractivity contribution is 7.90. The van der Waals surface area contributed by atoms with Gasteiger partial charge in [-0.2, -0.15) is 0 Å². The number of carbonyl (C=O) groups excluding carboxylic acids is 2. The minimum atomic E-state index is -4.03. The topological polar surface area (TPSA) is 107 Å². The van der Waals surface area contributed by atoms with Gasteiger partial charge in [0.05, 0.1) is 18.6 Å². The van der Waals surface area contributed by atoms with Crippen LogP contribution >= 0.6 is 0 Å². The summed E-state index contributed by atoms with van der Waals surface area (Å²) in [5.41, 5.74) is 3.64. The number of aromatic nitrogens is 1. The van der Waals surface area contributed by atoms with E-state index in [4.69, 9.17) is 4.74 Å². The highest BCUT2D eigenvalue weighted by atomic mass is 32.2. The van der Waals surface area contributed by atoms with Crippen LogP contribution in [0.15, 0.2) is 77.8 Å². The van der Waals surface area contributed by atoms with Gasteiger partial charge < -0.3 is 14.6 Å². The Morgan fingerprint density at radius 1 is 1.02 bits per heavy atom. The molecule has 4 rings (SSSR count). The van der Waals surface area contributed by atoms with E-state index in [1.54, 1.807) is 43.3 Å². The van der Waals surface area contributed by atoms with Gasteiger partial charge in [0.2, 0.25) is 5.91 Å². The average Bonchev–Trinajstić information content (AvgIpc) is 3.33. The van der Waals surface area contributed by atoms with Crippen molar-refractivity contribution in [3.8, 4) is 5.75 Å². The van der Waals surface area contributed by atoms with E-state index in [-0.39, 0.29) is 22.3 Å². The maximum atomic E-state index is 12.9. The van der Waals surface area contributed by atoms with Crippen LogP contribution in [-0.4, -0.2) is 38.5 Å². The minimum Gasteiger partial charge on any atom is -0.496 e. The summed E-state index contributed by atoms with van der Waals surface area (Å²) in [5.74, 6) is -0.347. The molecule has 0 aliphatic rings. The molecular formula is C31H35N3O5S. The van der Waals surface area contributed by atoms with Crippen molar-refractivity contribution in [2.45, 2.75) is 45.1 Å². The summed E-state index contributed by atoms with van der Waals surface area (Å²) in [4.78, 5) is 25.3. The van der Waals surface area contributed by atoms with Crippen LogP contribution in [0, 0.1) is 12.8 Å². The molecule has 1 unspecified atom stereocenters. The molecule has 40 heavy (non-hydrogen) atoms. The van der Waals surface area contributed by atoms with Gasteiger partial charge in [-0.05, 0) is 66.6 Å². The van der Waals surface area contributed by atoms with E-state index in [1.807, 2.05) is 26.1 Å². The van der Waals surface area contributed by atoms with Crippen LogP contribution < -0.4 is 14.8 Å². The standard InChI is InChI=1S/C31H35N3O5S/c1-5-15-32-30(35)22(3)17-23-10-11-24-14-16-34(27(24)18-23)20-26-13-12-25(19-28(26)39-4)31(36)33-40(37,38)29-9-7-6-8-21(29)2/h6-14,16,18-19,22H,5,15,17,20H2,1-4H3,(H,32,35)(H,33,36). The van der Waals surface area contributed by atoms with E-state index in [2.05, 4.69) is 32.8 Å². The molecule has 0 spiro atoms. The van der Waals surface area contributed by atoms with Crippen molar-refractivity contribution in [3.05, 3.63) is 95.2 Å². The number of amides is 2. The van der Waals surface area contributed by atoms with E-state index in [0.29, 0.717) is 30.8 Å². The number of aryl methyl sites for hydroxylation is 1. The predicted molar refractivity (Wildman–Crippen MR) is 156 cm³/mol. The molecule has 0 bridgehead atoms. The number of hydrogen-bond donors (Lipinski definition) is 2. The Morgan fingerprint density at radius 3 is 2.52 bits per heavy atom. The van der Waals surface area contributed by atoms with Crippen molar-refractivity contribution < 1.29 is 22.7 Å². The Morgan fingerprint density at radius 2 is 1.80 bits per heavy atom. The van der Waals surface area contributed by atoms with Gasteiger partial charge in [0, 0.05) is 35.3 Å². The molecular weight excluding hydrogens is 526 g/mol. The summed E-state index contributed by atoms with van der Waals surface area (Å²) in [6.45, 7) is 6.79. The first-order valence-electron chi connectivity index (χ1n) is 13.3. The molecule has 2 N–H and O–H groups in total. The van der Waals surface area contributed by atoms with E-state index < -0.39 is 15.9 Å². The Balaban J connectivity index is 1.53. The SMILES string of the molecule is CCCNC(=O)C(C)Cc1ccc2ccn(Cc3ccc(C(=O)NS(=O)(=O)c4ccccc4C)cc3OC)c2c1. The maximum Gasteiger partial charge on any atom is 0.265 e. The number of fused-ring (bicyclic) bond motifs is 1. The lowest BCUT2D eigenvalue weighted by Crippen LogP contribution is -2.31. The fourth-order valence-corrected chi connectivity index (χ4v) is 5.88. The van der Waals surface area contributed by atoms with Crippen molar-refractivity contribution in [2.75, 3.05) is 13.7 Å². The van der Waals surface area contributed by atoms with E-state index in [1.165, 1.54) is 13.2 Å². The number of nitrogens with zero attached hydrogens (tertiary/aromatic N) is 1. The third-order valence-electron chi connectivity index (χ3n) is 6.88. The van der Waals surface area contributed by atoms with Gasteiger partial charge in [-0.25, -0.2) is 13.1 Å². The smallest absolute Gasteiger partial charge is 0.265 e. The number of nitrogens with one attached hydrogen (secondary N) is 2. The van der Waals surface area contributed by atoms with Crippen LogP contribution in [0.2, 0.25) is 0 Å². The maximum absolute atomic E-state index is 12.9. The summed E-state index contributed by atoms with van der Waals surface area (Å²) in [6, 6.07) is 19.6. The second kappa shape index (κ2) is 12.4. The quantitative estimate of drug-likeness (QED) is 0.273. The third kappa shape index (κ3) is 6.54. The largest absolute Gasteiger partial charge is 0.496 e. The van der Waals surface area contributed by atoms with Gasteiger partial charge >= 0.3 is 0 Å². The number of carbonyl (C=O) groups is 2. The molecule has 3 aromatic carbocycles. The monoisotopic (exact) mass is 561 g/mol. The van der Waals surface area contributed by atoms with Gasteiger partial charge in [0.15, 0.2) is 0 Å². The molecule has 0 radical (unpaired) electrons. The lowest BCUT2D eigenvalue weighted by molar-refractivity contribution is -0.124. The zero-order valence-electron chi connectivity index (χ0n) is 23.2. The number of ether oxygens (including phenoxy) is 1. The fraction of sp³-hybridized carbons (Fsp3) is 0.290. The lowest BCUT2D eigenvalue weighted by atomic mass is 9.99. The second-order valence-corrected chi connectivity index (χ2v) is 11.6. The summed E-state index contributed by atoms with van der Waals surface area (Å²) >= 11 is 0. The Kier molecular flexibility index (Phi) is 8.94. The Labute approximate surface area is 235 Å². The average molecular weight is 562 g/mol. The predicted octanol–water partition coefficient (Wildman–Crippen LogP) is 4.83. The van der Waals surface area contributed by atoms with Gasteiger partial charge in [-0.1, -0.05) is 50.2 Å². The van der Waals surface area contributed by atoms with Gasteiger partial charge in [-0.15, -0.1) is 0 Å². The fourth-order valence-electron chi connectivity index (χ4n) is 4.66. The number of methoxy groups -OCH3 is 1. The second-order valence-electron chi connectivity index (χ2n) is 9.96. The molecule has 9 heteroatoms. The van der Waals surface area contributed by atoms with E-state index >= 15 is 0 Å². The zero-order valence-corrected chi connectivity index (χ0v) is 24.0. The van der Waals surface area contributed by atoms with Crippen LogP contribution in [0.5, 0.6) is 5.75 Å². The highest BCUT2D eigenvalue weighted by Gasteiger charge is 2.21. The van der Waals surface area contributed by atoms with Crippen molar-refractivity contribution in [3.63, 3.8) is 0 Å². The van der Waals surface area contributed by atoms with Crippen molar-refractivity contribution in [2.24, 2.45) is 5.92 Å². The first-order chi connectivity index (χ1) is 19.1. The summed E-state index contributed by atoms with van der Waals surface area (Å²) < 4.78 is 35.4. The summed E-state index contributed by atoms with van der Waals surface area (Å²) in [7, 11) is -2.51. The molecule has 2 amide bonds. The third-order valence-corrected chi connectivity index (χ3v) is 8.37. The molecule has 4 aromatic rings. The van der Waals surface area contributed by atoms with Gasteiger partial charge in [-0.3, -0.25) is 9.59 Å². The van der Waals surface area contributed by atoms with E-state index in [0.717, 1.165) is 28.5 Å². The normalized spacial score (nSPS) is 12.2. The van der Waals surface area contributed by atoms with Crippen LogP contribution in [0.4, 0.5) is 0 Å². The van der Waals surface area contributed by atoms with Crippen molar-refractivity contribution in [1.82, 2.24) is 14.6 Å². The van der Waals surface area contributed by atoms with E-state index in [9.17, 15) is 18.0 Å². The molecule has 1 atom stereocenters. The molecule has 1 aromatic heterocycles. The number of rotatable bonds is 11. The van der Waals surface area contributed by atoms with Gasteiger partial charge in [0.1, 0.15) is 5.75 Å². The van der Waals surface area contributed by atoms with Gasteiger partial charge in [0.25, 0.3) is 15.9 Å².